The third kappa shape index (κ3) is 3.84. The van der Waals surface area contributed by atoms with Gasteiger partial charge in [0.1, 0.15) is 0 Å². The lowest BCUT2D eigenvalue weighted by molar-refractivity contribution is 1.02. The second-order valence-electron chi connectivity index (χ2n) is 4.64. The molecule has 0 aliphatic rings. The molecule has 0 heterocycles. The summed E-state index contributed by atoms with van der Waals surface area (Å²) >= 11 is 5.96. The SMILES string of the molecule is C=C=C/C(=N/C)C(=C(C)C)C(C=C)c1ccc(Cl)cc1. The van der Waals surface area contributed by atoms with Crippen LogP contribution in [0.3, 0.4) is 0 Å². The lowest BCUT2D eigenvalue weighted by Gasteiger charge is -2.19. The van der Waals surface area contributed by atoms with E-state index in [1.165, 1.54) is 5.57 Å². The standard InChI is InChI=1S/C18H20ClN/c1-6-8-17(20-5)18(13(3)4)16(7-2)14-9-11-15(19)12-10-14/h7-12,16H,1-2H2,3-5H3/b20-17-. The molecule has 2 heteroatoms. The van der Waals surface area contributed by atoms with Crippen molar-refractivity contribution in [3.63, 3.8) is 0 Å². The van der Waals surface area contributed by atoms with Crippen LogP contribution in [0.25, 0.3) is 0 Å². The van der Waals surface area contributed by atoms with Crippen molar-refractivity contribution < 1.29 is 0 Å². The lowest BCUT2D eigenvalue weighted by atomic mass is 9.85. The Labute approximate surface area is 126 Å². The Kier molecular flexibility index (Phi) is 6.24. The highest BCUT2D eigenvalue weighted by molar-refractivity contribution is 6.30. The number of rotatable bonds is 5. The molecule has 104 valence electrons. The Morgan fingerprint density at radius 1 is 1.30 bits per heavy atom. The Hall–Kier alpha value is -1.82. The maximum Gasteiger partial charge on any atom is 0.0688 e. The molecule has 0 radical (unpaired) electrons. The quantitative estimate of drug-likeness (QED) is 0.392. The summed E-state index contributed by atoms with van der Waals surface area (Å²) in [7, 11) is 1.77. The summed E-state index contributed by atoms with van der Waals surface area (Å²) in [6.07, 6.45) is 3.72. The summed E-state index contributed by atoms with van der Waals surface area (Å²) in [5.74, 6) is 0.0700. The van der Waals surface area contributed by atoms with Crippen LogP contribution in [0.1, 0.15) is 25.3 Å². The number of hydrogen-bond donors (Lipinski definition) is 0. The van der Waals surface area contributed by atoms with Gasteiger partial charge in [0.05, 0.1) is 5.71 Å². The van der Waals surface area contributed by atoms with Gasteiger partial charge in [-0.15, -0.1) is 12.3 Å². The average Bonchev–Trinajstić information content (AvgIpc) is 2.43. The van der Waals surface area contributed by atoms with Gasteiger partial charge in [-0.05, 0) is 37.1 Å². The maximum absolute atomic E-state index is 5.96. The highest BCUT2D eigenvalue weighted by Gasteiger charge is 2.18. The van der Waals surface area contributed by atoms with Crippen molar-refractivity contribution in [2.24, 2.45) is 4.99 Å². The first-order chi connectivity index (χ1) is 9.54. The fourth-order valence-electron chi connectivity index (χ4n) is 2.18. The molecule has 1 atom stereocenters. The first-order valence-corrected chi connectivity index (χ1v) is 6.81. The zero-order valence-electron chi connectivity index (χ0n) is 12.3. The number of nitrogens with zero attached hydrogens (tertiary/aromatic N) is 1. The Morgan fingerprint density at radius 3 is 2.30 bits per heavy atom. The van der Waals surface area contributed by atoms with Gasteiger partial charge in [-0.2, -0.15) is 0 Å². The number of benzene rings is 1. The van der Waals surface area contributed by atoms with E-state index < -0.39 is 0 Å². The zero-order chi connectivity index (χ0) is 15.1. The van der Waals surface area contributed by atoms with Gasteiger partial charge in [0.2, 0.25) is 0 Å². The molecule has 0 aliphatic heterocycles. The predicted molar refractivity (Wildman–Crippen MR) is 89.8 cm³/mol. The summed E-state index contributed by atoms with van der Waals surface area (Å²) in [5.41, 5.74) is 7.13. The van der Waals surface area contributed by atoms with Crippen LogP contribution >= 0.6 is 11.6 Å². The van der Waals surface area contributed by atoms with Crippen molar-refractivity contribution in [1.29, 1.82) is 0 Å². The van der Waals surface area contributed by atoms with Crippen LogP contribution in [-0.2, 0) is 0 Å². The minimum Gasteiger partial charge on any atom is -0.288 e. The normalized spacial score (nSPS) is 12.3. The van der Waals surface area contributed by atoms with Crippen LogP contribution in [0.2, 0.25) is 5.02 Å². The molecule has 0 bridgehead atoms. The molecule has 1 rings (SSSR count). The minimum atomic E-state index is 0.0700. The summed E-state index contributed by atoms with van der Waals surface area (Å²) in [5, 5.41) is 0.727. The average molecular weight is 286 g/mol. The minimum absolute atomic E-state index is 0.0700. The molecule has 0 amide bonds. The first kappa shape index (κ1) is 16.2. The summed E-state index contributed by atoms with van der Waals surface area (Å²) in [6.45, 7) is 11.7. The molecule has 0 N–H and O–H groups in total. The first-order valence-electron chi connectivity index (χ1n) is 6.43. The second kappa shape index (κ2) is 7.69. The van der Waals surface area contributed by atoms with E-state index in [0.717, 1.165) is 21.9 Å². The van der Waals surface area contributed by atoms with E-state index >= 15 is 0 Å². The van der Waals surface area contributed by atoms with Crippen molar-refractivity contribution >= 4 is 17.3 Å². The molecule has 1 nitrogen and oxygen atoms in total. The third-order valence-corrected chi connectivity index (χ3v) is 3.32. The lowest BCUT2D eigenvalue weighted by Crippen LogP contribution is -2.10. The summed E-state index contributed by atoms with van der Waals surface area (Å²) in [4.78, 5) is 4.34. The molecule has 0 aliphatic carbocycles. The Balaban J connectivity index is 3.39. The van der Waals surface area contributed by atoms with Crippen LogP contribution in [0.4, 0.5) is 0 Å². The van der Waals surface area contributed by atoms with E-state index in [1.54, 1.807) is 13.1 Å². The van der Waals surface area contributed by atoms with Gasteiger partial charge in [-0.25, -0.2) is 0 Å². The molecular weight excluding hydrogens is 266 g/mol. The monoisotopic (exact) mass is 285 g/mol. The van der Waals surface area contributed by atoms with E-state index in [9.17, 15) is 0 Å². The third-order valence-electron chi connectivity index (χ3n) is 3.07. The van der Waals surface area contributed by atoms with E-state index in [4.69, 9.17) is 11.6 Å². The summed E-state index contributed by atoms with van der Waals surface area (Å²) < 4.78 is 0. The number of hydrogen-bond acceptors (Lipinski definition) is 1. The fraction of sp³-hybridized carbons (Fsp3) is 0.222. The molecule has 0 saturated carbocycles. The molecule has 0 spiro atoms. The van der Waals surface area contributed by atoms with E-state index in [2.05, 4.69) is 37.7 Å². The zero-order valence-corrected chi connectivity index (χ0v) is 13.0. The van der Waals surface area contributed by atoms with Gasteiger partial charge in [-0.1, -0.05) is 42.0 Å². The smallest absolute Gasteiger partial charge is 0.0688 e. The molecule has 0 aromatic heterocycles. The molecule has 1 aromatic carbocycles. The molecule has 1 unspecified atom stereocenters. The van der Waals surface area contributed by atoms with Gasteiger partial charge in [0, 0.05) is 24.1 Å². The largest absolute Gasteiger partial charge is 0.288 e. The number of halogens is 1. The van der Waals surface area contributed by atoms with E-state index in [-0.39, 0.29) is 5.92 Å². The van der Waals surface area contributed by atoms with Crippen LogP contribution < -0.4 is 0 Å². The Morgan fingerprint density at radius 2 is 1.90 bits per heavy atom. The van der Waals surface area contributed by atoms with Crippen molar-refractivity contribution in [3.8, 4) is 0 Å². The highest BCUT2D eigenvalue weighted by atomic mass is 35.5. The van der Waals surface area contributed by atoms with Gasteiger partial charge >= 0.3 is 0 Å². The molecule has 20 heavy (non-hydrogen) atoms. The van der Waals surface area contributed by atoms with Crippen LogP contribution in [0.15, 0.2) is 71.4 Å². The molecule has 0 fully saturated rings. The highest BCUT2D eigenvalue weighted by Crippen LogP contribution is 2.30. The van der Waals surface area contributed by atoms with Gasteiger partial charge in [0.15, 0.2) is 0 Å². The van der Waals surface area contributed by atoms with Gasteiger partial charge in [0.25, 0.3) is 0 Å². The fourth-order valence-corrected chi connectivity index (χ4v) is 2.30. The van der Waals surface area contributed by atoms with Crippen LogP contribution in [0.5, 0.6) is 0 Å². The van der Waals surface area contributed by atoms with Crippen molar-refractivity contribution in [3.05, 3.63) is 77.0 Å². The van der Waals surface area contributed by atoms with Gasteiger partial charge < -0.3 is 0 Å². The molecular formula is C18H20ClN. The molecule has 1 aromatic rings. The van der Waals surface area contributed by atoms with Crippen LogP contribution in [0, 0.1) is 0 Å². The summed E-state index contributed by atoms with van der Waals surface area (Å²) in [6, 6.07) is 7.81. The topological polar surface area (TPSA) is 12.4 Å². The van der Waals surface area contributed by atoms with E-state index in [0.29, 0.717) is 0 Å². The number of allylic oxidation sites excluding steroid dienone is 4. The van der Waals surface area contributed by atoms with E-state index in [1.807, 2.05) is 30.3 Å². The van der Waals surface area contributed by atoms with Crippen molar-refractivity contribution in [2.75, 3.05) is 7.05 Å². The van der Waals surface area contributed by atoms with Crippen LogP contribution in [-0.4, -0.2) is 12.8 Å². The second-order valence-corrected chi connectivity index (χ2v) is 5.07. The Bertz CT molecular complexity index is 580. The van der Waals surface area contributed by atoms with Crippen molar-refractivity contribution in [1.82, 2.24) is 0 Å². The predicted octanol–water partition coefficient (Wildman–Crippen LogP) is 5.36. The van der Waals surface area contributed by atoms with Crippen molar-refractivity contribution in [2.45, 2.75) is 19.8 Å². The molecule has 0 saturated heterocycles. The van der Waals surface area contributed by atoms with Gasteiger partial charge in [-0.3, -0.25) is 4.99 Å². The maximum atomic E-state index is 5.96. The number of aliphatic imine (C=N–C) groups is 1.